The molecular formula is C17H17B3FNO2. The minimum absolute atomic E-state index is 0.0385. The van der Waals surface area contributed by atoms with Gasteiger partial charge in [0, 0.05) is 11.6 Å². The van der Waals surface area contributed by atoms with E-state index in [1.54, 1.807) is 13.9 Å². The lowest BCUT2D eigenvalue weighted by atomic mass is 9.78. The second-order valence-corrected chi connectivity index (χ2v) is 6.28. The van der Waals surface area contributed by atoms with Crippen molar-refractivity contribution in [2.45, 2.75) is 19.8 Å². The second kappa shape index (κ2) is 6.96. The molecule has 2 aromatic rings. The van der Waals surface area contributed by atoms with E-state index in [0.717, 1.165) is 22.6 Å². The predicted molar refractivity (Wildman–Crippen MR) is 101 cm³/mol. The van der Waals surface area contributed by atoms with Gasteiger partial charge < -0.3 is 4.74 Å². The summed E-state index contributed by atoms with van der Waals surface area (Å²) in [4.78, 5) is 12.5. The van der Waals surface area contributed by atoms with Crippen LogP contribution in [-0.2, 0) is 0 Å². The summed E-state index contributed by atoms with van der Waals surface area (Å²) >= 11 is 0. The number of ether oxygens (including phenoxy) is 1. The highest BCUT2D eigenvalue weighted by atomic mass is 19.1. The van der Waals surface area contributed by atoms with E-state index in [-0.39, 0.29) is 11.3 Å². The maximum Gasteiger partial charge on any atom is 0.342 e. The van der Waals surface area contributed by atoms with E-state index in [2.05, 4.69) is 13.8 Å². The van der Waals surface area contributed by atoms with Crippen molar-refractivity contribution in [3.05, 3.63) is 46.8 Å². The van der Waals surface area contributed by atoms with Gasteiger partial charge in [0.2, 0.25) is 0 Å². The van der Waals surface area contributed by atoms with Crippen LogP contribution in [0.1, 0.15) is 41.3 Å². The molecule has 0 atom stereocenters. The van der Waals surface area contributed by atoms with Gasteiger partial charge in [0.1, 0.15) is 41.2 Å². The lowest BCUT2D eigenvalue weighted by Gasteiger charge is -2.15. The van der Waals surface area contributed by atoms with Crippen molar-refractivity contribution in [3.63, 3.8) is 0 Å². The molecule has 0 spiro atoms. The number of hydrogen-bond donors (Lipinski definition) is 0. The number of carbonyl (C=O) groups is 1. The molecule has 2 rings (SSSR count). The number of hydrogen-bond acceptors (Lipinski definition) is 3. The standard InChI is InChI=1S/C17H17B3FNO2/c1-8(2)9-3-13(19)16(14(20)4-9)17(23)24-10-5-12(18)11(7-22)15(21)6-10/h3-6,8H,18-20H2,1-2H3. The van der Waals surface area contributed by atoms with Crippen LogP contribution in [0.2, 0.25) is 0 Å². The summed E-state index contributed by atoms with van der Waals surface area (Å²) in [6.07, 6.45) is 0. The number of esters is 1. The molecule has 0 aliphatic rings. The molecule has 0 bridgehead atoms. The SMILES string of the molecule is Bc1cc(OC(=O)c2c(B)cc(C(C)C)cc2B)cc(F)c1C#N. The zero-order chi connectivity index (χ0) is 18.0. The summed E-state index contributed by atoms with van der Waals surface area (Å²) in [6, 6.07) is 8.30. The van der Waals surface area contributed by atoms with Crippen molar-refractivity contribution in [1.82, 2.24) is 0 Å². The Morgan fingerprint density at radius 3 is 2.17 bits per heavy atom. The second-order valence-electron chi connectivity index (χ2n) is 6.28. The molecule has 3 nitrogen and oxygen atoms in total. The first-order valence-corrected chi connectivity index (χ1v) is 7.78. The van der Waals surface area contributed by atoms with Crippen molar-refractivity contribution in [2.24, 2.45) is 0 Å². The molecule has 0 N–H and O–H groups in total. The Hall–Kier alpha value is -2.48. The average Bonchev–Trinajstić information content (AvgIpc) is 2.45. The molecular weight excluding hydrogens is 302 g/mol. The summed E-state index contributed by atoms with van der Waals surface area (Å²) < 4.78 is 19.2. The third kappa shape index (κ3) is 3.54. The highest BCUT2D eigenvalue weighted by Crippen LogP contribution is 2.16. The number of carbonyl (C=O) groups excluding carboxylic acids is 1. The summed E-state index contributed by atoms with van der Waals surface area (Å²) in [5.74, 6) is -0.754. The zero-order valence-corrected chi connectivity index (χ0v) is 14.5. The van der Waals surface area contributed by atoms with Gasteiger partial charge in [0.15, 0.2) is 0 Å². The van der Waals surface area contributed by atoms with E-state index in [0.29, 0.717) is 16.9 Å². The topological polar surface area (TPSA) is 50.1 Å². The van der Waals surface area contributed by atoms with Gasteiger partial charge in [-0.1, -0.05) is 42.4 Å². The first kappa shape index (κ1) is 17.9. The molecule has 0 aliphatic heterocycles. The molecule has 0 aliphatic carbocycles. The normalized spacial score (nSPS) is 10.5. The van der Waals surface area contributed by atoms with Crippen LogP contribution in [0.3, 0.4) is 0 Å². The first-order valence-electron chi connectivity index (χ1n) is 7.78. The van der Waals surface area contributed by atoms with Crippen molar-refractivity contribution in [2.75, 3.05) is 0 Å². The van der Waals surface area contributed by atoms with Gasteiger partial charge in [-0.25, -0.2) is 9.18 Å². The summed E-state index contributed by atoms with van der Waals surface area (Å²) in [7, 11) is 5.33. The molecule has 0 aromatic heterocycles. The maximum atomic E-state index is 13.9. The summed E-state index contributed by atoms with van der Waals surface area (Å²) in [5, 5.41) is 8.90. The van der Waals surface area contributed by atoms with Crippen LogP contribution in [0.5, 0.6) is 5.75 Å². The van der Waals surface area contributed by atoms with Crippen LogP contribution in [0, 0.1) is 17.1 Å². The molecule has 0 saturated carbocycles. The smallest absolute Gasteiger partial charge is 0.342 e. The zero-order valence-electron chi connectivity index (χ0n) is 14.5. The molecule has 0 amide bonds. The molecule has 7 heteroatoms. The fourth-order valence-electron chi connectivity index (χ4n) is 2.72. The predicted octanol–water partition coefficient (Wildman–Crippen LogP) is -1.18. The average molecular weight is 319 g/mol. The monoisotopic (exact) mass is 319 g/mol. The molecule has 0 saturated heterocycles. The minimum atomic E-state index is -0.691. The van der Waals surface area contributed by atoms with E-state index in [1.807, 2.05) is 27.8 Å². The third-order valence-electron chi connectivity index (χ3n) is 4.01. The Morgan fingerprint density at radius 1 is 1.12 bits per heavy atom. The first-order chi connectivity index (χ1) is 11.2. The van der Waals surface area contributed by atoms with Crippen molar-refractivity contribution >= 4 is 45.9 Å². The van der Waals surface area contributed by atoms with Gasteiger partial charge in [0.05, 0.1) is 5.56 Å². The molecule has 0 heterocycles. The summed E-state index contributed by atoms with van der Waals surface area (Å²) in [5.41, 5.74) is 3.69. The van der Waals surface area contributed by atoms with Gasteiger partial charge >= 0.3 is 5.97 Å². The highest BCUT2D eigenvalue weighted by molar-refractivity contribution is 6.44. The van der Waals surface area contributed by atoms with E-state index in [1.165, 1.54) is 6.07 Å². The van der Waals surface area contributed by atoms with Crippen LogP contribution in [0.15, 0.2) is 24.3 Å². The van der Waals surface area contributed by atoms with Gasteiger partial charge in [0.25, 0.3) is 0 Å². The van der Waals surface area contributed by atoms with E-state index in [4.69, 9.17) is 10.00 Å². The number of halogens is 1. The maximum absolute atomic E-state index is 13.9. The Balaban J connectivity index is 2.36. The Morgan fingerprint density at radius 2 is 1.71 bits per heavy atom. The minimum Gasteiger partial charge on any atom is -0.423 e. The third-order valence-corrected chi connectivity index (χ3v) is 4.01. The fraction of sp³-hybridized carbons (Fsp3) is 0.176. The van der Waals surface area contributed by atoms with Crippen LogP contribution in [0.4, 0.5) is 4.39 Å². The number of rotatable bonds is 3. The molecule has 0 fully saturated rings. The molecule has 0 radical (unpaired) electrons. The molecule has 0 unspecified atom stereocenters. The molecule has 2 aromatic carbocycles. The Kier molecular flexibility index (Phi) is 5.18. The fourth-order valence-corrected chi connectivity index (χ4v) is 2.72. The van der Waals surface area contributed by atoms with E-state index in [9.17, 15) is 9.18 Å². The number of nitriles is 1. The van der Waals surface area contributed by atoms with Crippen LogP contribution < -0.4 is 21.1 Å². The number of benzene rings is 2. The Bertz CT molecular complexity index is 813. The van der Waals surface area contributed by atoms with Gasteiger partial charge in [-0.2, -0.15) is 5.26 Å². The molecule has 118 valence electrons. The van der Waals surface area contributed by atoms with Gasteiger partial charge in [-0.05, 0) is 17.5 Å². The van der Waals surface area contributed by atoms with E-state index < -0.39 is 11.8 Å². The number of nitrogens with zero attached hydrogens (tertiary/aromatic N) is 1. The lowest BCUT2D eigenvalue weighted by molar-refractivity contribution is 0.0737. The lowest BCUT2D eigenvalue weighted by Crippen LogP contribution is -2.31. The van der Waals surface area contributed by atoms with Gasteiger partial charge in [-0.15, -0.1) is 0 Å². The van der Waals surface area contributed by atoms with Crippen LogP contribution in [0.25, 0.3) is 0 Å². The van der Waals surface area contributed by atoms with Gasteiger partial charge in [-0.3, -0.25) is 0 Å². The van der Waals surface area contributed by atoms with Crippen molar-refractivity contribution in [1.29, 1.82) is 5.26 Å². The Labute approximate surface area is 144 Å². The van der Waals surface area contributed by atoms with Crippen LogP contribution >= 0.6 is 0 Å². The summed E-state index contributed by atoms with van der Waals surface area (Å²) in [6.45, 7) is 4.18. The van der Waals surface area contributed by atoms with Crippen LogP contribution in [-0.4, -0.2) is 29.5 Å². The van der Waals surface area contributed by atoms with E-state index >= 15 is 0 Å². The van der Waals surface area contributed by atoms with Crippen molar-refractivity contribution in [3.8, 4) is 11.8 Å². The molecule has 24 heavy (non-hydrogen) atoms. The largest absolute Gasteiger partial charge is 0.423 e. The van der Waals surface area contributed by atoms with Crippen molar-refractivity contribution < 1.29 is 13.9 Å². The quantitative estimate of drug-likeness (QED) is 0.406. The highest BCUT2D eigenvalue weighted by Gasteiger charge is 2.17.